The van der Waals surface area contributed by atoms with Gasteiger partial charge in [-0.25, -0.2) is 4.39 Å². The molecule has 0 radical (unpaired) electrons. The highest BCUT2D eigenvalue weighted by Gasteiger charge is 2.33. The van der Waals surface area contributed by atoms with Crippen LogP contribution < -0.4 is 5.32 Å². The first-order chi connectivity index (χ1) is 8.25. The number of hydrogen-bond acceptors (Lipinski definition) is 2. The number of hydrogen-bond donors (Lipinski definition) is 1. The summed E-state index contributed by atoms with van der Waals surface area (Å²) < 4.78 is 13.1. The summed E-state index contributed by atoms with van der Waals surface area (Å²) in [6, 6.07) is 4.69. The lowest BCUT2D eigenvalue weighted by molar-refractivity contribution is 0.0674. The third kappa shape index (κ3) is 1.82. The lowest BCUT2D eigenvalue weighted by Gasteiger charge is -2.31. The number of fused-ring (bicyclic) bond motifs is 1. The van der Waals surface area contributed by atoms with Crippen LogP contribution in [0.2, 0.25) is 0 Å². The number of benzene rings is 1. The van der Waals surface area contributed by atoms with Gasteiger partial charge in [0.05, 0.1) is 0 Å². The molecule has 0 unspecified atom stereocenters. The number of rotatable bonds is 1. The number of piperidine rings is 1. The molecule has 1 atom stereocenters. The Balaban J connectivity index is 1.85. The molecule has 2 heterocycles. The monoisotopic (exact) mass is 234 g/mol. The Morgan fingerprint density at radius 2 is 2.29 bits per heavy atom. The van der Waals surface area contributed by atoms with Crippen molar-refractivity contribution in [3.63, 3.8) is 0 Å². The molecule has 1 aromatic carbocycles. The van der Waals surface area contributed by atoms with Crippen LogP contribution >= 0.6 is 0 Å². The van der Waals surface area contributed by atoms with Gasteiger partial charge in [0.15, 0.2) is 0 Å². The molecule has 0 aromatic heterocycles. The number of halogens is 1. The van der Waals surface area contributed by atoms with Gasteiger partial charge in [0.25, 0.3) is 5.91 Å². The van der Waals surface area contributed by atoms with Gasteiger partial charge >= 0.3 is 0 Å². The summed E-state index contributed by atoms with van der Waals surface area (Å²) in [5.41, 5.74) is 1.48. The highest BCUT2D eigenvalue weighted by atomic mass is 19.1. The molecule has 0 spiro atoms. The molecule has 3 nitrogen and oxygen atoms in total. The van der Waals surface area contributed by atoms with Crippen LogP contribution in [0.4, 0.5) is 4.39 Å². The molecule has 0 aliphatic carbocycles. The molecule has 3 rings (SSSR count). The van der Waals surface area contributed by atoms with Crippen LogP contribution in [-0.4, -0.2) is 29.9 Å². The standard InChI is InChI=1S/C13H15FN2O/c14-10-3-4-12-9(6-10)8-16(13(12)17)11-2-1-5-15-7-11/h3-4,6,11,15H,1-2,5,7-8H2/t11-/m1/s1. The van der Waals surface area contributed by atoms with Crippen LogP contribution in [0.5, 0.6) is 0 Å². The molecule has 0 saturated carbocycles. The van der Waals surface area contributed by atoms with E-state index in [4.69, 9.17) is 0 Å². The second-order valence-corrected chi connectivity index (χ2v) is 4.73. The van der Waals surface area contributed by atoms with Crippen molar-refractivity contribution >= 4 is 5.91 Å². The fourth-order valence-electron chi connectivity index (χ4n) is 2.71. The first-order valence-electron chi connectivity index (χ1n) is 6.06. The van der Waals surface area contributed by atoms with Crippen molar-refractivity contribution in [2.24, 2.45) is 0 Å². The Kier molecular flexibility index (Phi) is 2.59. The van der Waals surface area contributed by atoms with Crippen LogP contribution in [0.3, 0.4) is 0 Å². The minimum atomic E-state index is -0.264. The molecule has 1 aromatic rings. The van der Waals surface area contributed by atoms with E-state index in [1.54, 1.807) is 6.07 Å². The van der Waals surface area contributed by atoms with Gasteiger partial charge in [-0.3, -0.25) is 4.79 Å². The van der Waals surface area contributed by atoms with Crippen molar-refractivity contribution in [2.75, 3.05) is 13.1 Å². The van der Waals surface area contributed by atoms with Gasteiger partial charge in [0, 0.05) is 24.7 Å². The first kappa shape index (κ1) is 10.7. The van der Waals surface area contributed by atoms with E-state index < -0.39 is 0 Å². The summed E-state index contributed by atoms with van der Waals surface area (Å²) in [6.07, 6.45) is 2.13. The summed E-state index contributed by atoms with van der Waals surface area (Å²) in [4.78, 5) is 14.1. The van der Waals surface area contributed by atoms with Gasteiger partial charge in [-0.1, -0.05) is 0 Å². The van der Waals surface area contributed by atoms with Crippen LogP contribution in [0.15, 0.2) is 18.2 Å². The Hall–Kier alpha value is -1.42. The van der Waals surface area contributed by atoms with Crippen LogP contribution in [0.25, 0.3) is 0 Å². The van der Waals surface area contributed by atoms with Gasteiger partial charge in [-0.05, 0) is 43.1 Å². The molecule has 17 heavy (non-hydrogen) atoms. The zero-order valence-electron chi connectivity index (χ0n) is 9.58. The van der Waals surface area contributed by atoms with Crippen molar-refractivity contribution in [3.05, 3.63) is 35.1 Å². The van der Waals surface area contributed by atoms with Crippen LogP contribution in [0, 0.1) is 5.82 Å². The Morgan fingerprint density at radius 1 is 1.41 bits per heavy atom. The van der Waals surface area contributed by atoms with Crippen LogP contribution in [0.1, 0.15) is 28.8 Å². The minimum absolute atomic E-state index is 0.0497. The molecule has 4 heteroatoms. The van der Waals surface area contributed by atoms with Gasteiger partial charge in [0.1, 0.15) is 5.82 Å². The molecule has 2 aliphatic rings. The van der Waals surface area contributed by atoms with Gasteiger partial charge in [-0.15, -0.1) is 0 Å². The summed E-state index contributed by atoms with van der Waals surface area (Å²) in [6.45, 7) is 2.43. The molecule has 2 aliphatic heterocycles. The van der Waals surface area contributed by atoms with E-state index in [0.717, 1.165) is 31.5 Å². The van der Waals surface area contributed by atoms with Crippen molar-refractivity contribution in [1.29, 1.82) is 0 Å². The quantitative estimate of drug-likeness (QED) is 0.799. The number of carbonyl (C=O) groups is 1. The molecule has 1 amide bonds. The smallest absolute Gasteiger partial charge is 0.254 e. The maximum atomic E-state index is 13.1. The zero-order chi connectivity index (χ0) is 11.8. The highest BCUT2D eigenvalue weighted by molar-refractivity contribution is 5.98. The van der Waals surface area contributed by atoms with E-state index in [1.807, 2.05) is 4.90 Å². The van der Waals surface area contributed by atoms with Gasteiger partial charge in [-0.2, -0.15) is 0 Å². The number of nitrogens with one attached hydrogen (secondary N) is 1. The number of nitrogens with zero attached hydrogens (tertiary/aromatic N) is 1. The van der Waals surface area contributed by atoms with E-state index in [0.29, 0.717) is 12.1 Å². The van der Waals surface area contributed by atoms with E-state index >= 15 is 0 Å². The predicted octanol–water partition coefficient (Wildman–Crippen LogP) is 1.53. The normalized spacial score (nSPS) is 23.9. The van der Waals surface area contributed by atoms with Crippen molar-refractivity contribution < 1.29 is 9.18 Å². The predicted molar refractivity (Wildman–Crippen MR) is 62.2 cm³/mol. The molecular weight excluding hydrogens is 219 g/mol. The SMILES string of the molecule is O=C1c2ccc(F)cc2CN1[C@@H]1CCCNC1. The first-order valence-corrected chi connectivity index (χ1v) is 6.06. The fourth-order valence-corrected chi connectivity index (χ4v) is 2.71. The third-order valence-electron chi connectivity index (χ3n) is 3.61. The second kappa shape index (κ2) is 4.11. The summed E-state index contributed by atoms with van der Waals surface area (Å²) in [7, 11) is 0. The number of carbonyl (C=O) groups excluding carboxylic acids is 1. The molecular formula is C13H15FN2O. The summed E-state index contributed by atoms with van der Waals surface area (Å²) >= 11 is 0. The van der Waals surface area contributed by atoms with E-state index in [1.165, 1.54) is 12.1 Å². The second-order valence-electron chi connectivity index (χ2n) is 4.73. The Bertz CT molecular complexity index is 455. The summed E-state index contributed by atoms with van der Waals surface area (Å²) in [5.74, 6) is -0.214. The fraction of sp³-hybridized carbons (Fsp3) is 0.462. The van der Waals surface area contributed by atoms with Crippen molar-refractivity contribution in [3.8, 4) is 0 Å². The maximum absolute atomic E-state index is 13.1. The maximum Gasteiger partial charge on any atom is 0.254 e. The van der Waals surface area contributed by atoms with E-state index in [-0.39, 0.29) is 17.8 Å². The highest BCUT2D eigenvalue weighted by Crippen LogP contribution is 2.27. The van der Waals surface area contributed by atoms with Crippen molar-refractivity contribution in [2.45, 2.75) is 25.4 Å². The molecule has 1 N–H and O–H groups in total. The zero-order valence-corrected chi connectivity index (χ0v) is 9.58. The average Bonchev–Trinajstić information content (AvgIpc) is 2.67. The van der Waals surface area contributed by atoms with E-state index in [2.05, 4.69) is 5.32 Å². The Morgan fingerprint density at radius 3 is 3.06 bits per heavy atom. The summed E-state index contributed by atoms with van der Waals surface area (Å²) in [5, 5.41) is 3.30. The van der Waals surface area contributed by atoms with Crippen LogP contribution in [-0.2, 0) is 6.54 Å². The van der Waals surface area contributed by atoms with E-state index in [9.17, 15) is 9.18 Å². The number of amides is 1. The molecule has 1 fully saturated rings. The lowest BCUT2D eigenvalue weighted by Crippen LogP contribution is -2.46. The topological polar surface area (TPSA) is 32.3 Å². The Labute approximate surface area is 99.6 Å². The van der Waals surface area contributed by atoms with Gasteiger partial charge in [0.2, 0.25) is 0 Å². The molecule has 1 saturated heterocycles. The third-order valence-corrected chi connectivity index (χ3v) is 3.61. The minimum Gasteiger partial charge on any atom is -0.330 e. The molecule has 0 bridgehead atoms. The van der Waals surface area contributed by atoms with Crippen molar-refractivity contribution in [1.82, 2.24) is 10.2 Å². The largest absolute Gasteiger partial charge is 0.330 e. The lowest BCUT2D eigenvalue weighted by atomic mass is 10.1. The van der Waals surface area contributed by atoms with Gasteiger partial charge < -0.3 is 10.2 Å². The molecule has 90 valence electrons. The average molecular weight is 234 g/mol.